The van der Waals surface area contributed by atoms with Gasteiger partial charge in [-0.1, -0.05) is 0 Å². The number of carbonyl (C=O) groups is 1. The molecule has 2 rings (SSSR count). The van der Waals surface area contributed by atoms with Crippen LogP contribution in [0.2, 0.25) is 0 Å². The van der Waals surface area contributed by atoms with Crippen molar-refractivity contribution in [1.82, 2.24) is 9.97 Å². The third kappa shape index (κ3) is 1.71. The molecule has 0 saturated carbocycles. The summed E-state index contributed by atoms with van der Waals surface area (Å²) >= 11 is 3.29. The highest BCUT2D eigenvalue weighted by Crippen LogP contribution is 2.25. The maximum absolute atomic E-state index is 11.0. The molecule has 1 N–H and O–H groups in total. The monoisotopic (exact) mass is 282 g/mol. The minimum absolute atomic E-state index is 0.101. The highest BCUT2D eigenvalue weighted by Gasteiger charge is 2.13. The minimum atomic E-state index is -1.04. The zero-order valence-corrected chi connectivity index (χ0v) is 9.85. The van der Waals surface area contributed by atoms with Crippen molar-refractivity contribution < 1.29 is 14.6 Å². The fourth-order valence-corrected chi connectivity index (χ4v) is 1.74. The Hall–Kier alpha value is -1.69. The topological polar surface area (TPSA) is 72.3 Å². The number of carboxylic acids is 1. The van der Waals surface area contributed by atoms with Crippen LogP contribution in [0.15, 0.2) is 22.8 Å². The lowest BCUT2D eigenvalue weighted by molar-refractivity contribution is 0.0699. The fourth-order valence-electron chi connectivity index (χ4n) is 1.32. The lowest BCUT2D eigenvalue weighted by Crippen LogP contribution is -2.01. The van der Waals surface area contributed by atoms with E-state index in [9.17, 15) is 4.79 Å². The summed E-state index contributed by atoms with van der Waals surface area (Å²) in [5, 5.41) is 9.01. The van der Waals surface area contributed by atoms with Crippen LogP contribution in [0.1, 0.15) is 10.4 Å². The number of aromatic carboxylic acids is 1. The third-order valence-electron chi connectivity index (χ3n) is 2.07. The number of nitrogens with zero attached hydrogens (tertiary/aromatic N) is 2. The van der Waals surface area contributed by atoms with E-state index in [0.29, 0.717) is 15.5 Å². The molecule has 0 amide bonds. The highest BCUT2D eigenvalue weighted by atomic mass is 79.9. The first-order valence-corrected chi connectivity index (χ1v) is 5.15. The van der Waals surface area contributed by atoms with E-state index in [0.717, 1.165) is 0 Å². The number of benzene rings is 1. The van der Waals surface area contributed by atoms with Gasteiger partial charge < -0.3 is 9.84 Å². The predicted molar refractivity (Wildman–Crippen MR) is 60.7 cm³/mol. The second kappa shape index (κ2) is 4.05. The van der Waals surface area contributed by atoms with Gasteiger partial charge in [0.15, 0.2) is 0 Å². The Balaban J connectivity index is 2.83. The lowest BCUT2D eigenvalue weighted by Gasteiger charge is -2.04. The molecule has 6 heteroatoms. The third-order valence-corrected chi connectivity index (χ3v) is 2.71. The summed E-state index contributed by atoms with van der Waals surface area (Å²) in [6.45, 7) is 0. The fraction of sp³-hybridized carbons (Fsp3) is 0.100. The summed E-state index contributed by atoms with van der Waals surface area (Å²) in [4.78, 5) is 19.2. The average molecular weight is 283 g/mol. The molecule has 0 aliphatic carbocycles. The standard InChI is InChI=1S/C10H7BrN2O3/c1-16-7-4-12-9-6(11)3-2-5(10(14)15)8(9)13-7/h2-4H,1H3,(H,14,15). The van der Waals surface area contributed by atoms with Crippen molar-refractivity contribution in [3.8, 4) is 5.88 Å². The van der Waals surface area contributed by atoms with Crippen molar-refractivity contribution in [2.45, 2.75) is 0 Å². The van der Waals surface area contributed by atoms with Crippen molar-refractivity contribution in [2.75, 3.05) is 7.11 Å². The van der Waals surface area contributed by atoms with E-state index < -0.39 is 5.97 Å². The number of carboxylic acid groups (broad SMARTS) is 1. The Kier molecular flexibility index (Phi) is 2.74. The van der Waals surface area contributed by atoms with Gasteiger partial charge in [-0.3, -0.25) is 0 Å². The van der Waals surface area contributed by atoms with Crippen molar-refractivity contribution in [3.05, 3.63) is 28.4 Å². The molecule has 0 unspecified atom stereocenters. The molecule has 0 saturated heterocycles. The quantitative estimate of drug-likeness (QED) is 0.913. The molecule has 2 aromatic rings. The summed E-state index contributed by atoms with van der Waals surface area (Å²) in [5.74, 6) is -0.756. The number of fused-ring (bicyclic) bond motifs is 1. The first-order valence-electron chi connectivity index (χ1n) is 4.36. The van der Waals surface area contributed by atoms with Gasteiger partial charge in [0, 0.05) is 4.47 Å². The molecular formula is C10H7BrN2O3. The van der Waals surface area contributed by atoms with Crippen LogP contribution in [0, 0.1) is 0 Å². The summed E-state index contributed by atoms with van der Waals surface area (Å²) in [6.07, 6.45) is 1.44. The molecule has 1 aromatic carbocycles. The second-order valence-corrected chi connectivity index (χ2v) is 3.86. The molecule has 16 heavy (non-hydrogen) atoms. The summed E-state index contributed by atoms with van der Waals surface area (Å²) in [5.41, 5.74) is 0.909. The van der Waals surface area contributed by atoms with Crippen LogP contribution in [0.5, 0.6) is 5.88 Å². The number of ether oxygens (including phenoxy) is 1. The first kappa shape index (κ1) is 10.8. The van der Waals surface area contributed by atoms with Gasteiger partial charge in [-0.15, -0.1) is 0 Å². The van der Waals surface area contributed by atoms with Gasteiger partial charge in [-0.2, -0.15) is 0 Å². The van der Waals surface area contributed by atoms with Gasteiger partial charge in [-0.25, -0.2) is 14.8 Å². The Morgan fingerprint density at radius 1 is 1.44 bits per heavy atom. The van der Waals surface area contributed by atoms with Gasteiger partial charge in [0.25, 0.3) is 0 Å². The Labute approximate surface area is 99.2 Å². The Bertz CT molecular complexity index is 571. The van der Waals surface area contributed by atoms with Crippen LogP contribution < -0.4 is 4.74 Å². The molecule has 1 aromatic heterocycles. The molecule has 5 nitrogen and oxygen atoms in total. The number of hydrogen-bond acceptors (Lipinski definition) is 4. The summed E-state index contributed by atoms with van der Waals surface area (Å²) < 4.78 is 5.61. The van der Waals surface area contributed by atoms with Crippen LogP contribution in [0.3, 0.4) is 0 Å². The first-order chi connectivity index (χ1) is 7.63. The minimum Gasteiger partial charge on any atom is -0.480 e. The van der Waals surface area contributed by atoms with E-state index in [1.807, 2.05) is 0 Å². The van der Waals surface area contributed by atoms with Crippen LogP contribution in [0.4, 0.5) is 0 Å². The zero-order valence-electron chi connectivity index (χ0n) is 8.27. The number of halogens is 1. The van der Waals surface area contributed by atoms with E-state index in [1.54, 1.807) is 6.07 Å². The van der Waals surface area contributed by atoms with Crippen LogP contribution in [-0.4, -0.2) is 28.2 Å². The highest BCUT2D eigenvalue weighted by molar-refractivity contribution is 9.10. The molecule has 0 aliphatic rings. The van der Waals surface area contributed by atoms with Crippen molar-refractivity contribution in [3.63, 3.8) is 0 Å². The SMILES string of the molecule is COc1cnc2c(Br)ccc(C(=O)O)c2n1. The maximum Gasteiger partial charge on any atom is 0.337 e. The van der Waals surface area contributed by atoms with Gasteiger partial charge in [-0.05, 0) is 28.1 Å². The molecule has 0 bridgehead atoms. The largest absolute Gasteiger partial charge is 0.480 e. The van der Waals surface area contributed by atoms with E-state index in [2.05, 4.69) is 25.9 Å². The summed E-state index contributed by atoms with van der Waals surface area (Å²) in [6, 6.07) is 3.11. The molecule has 0 radical (unpaired) electrons. The molecule has 0 aliphatic heterocycles. The van der Waals surface area contributed by atoms with Crippen LogP contribution in [-0.2, 0) is 0 Å². The smallest absolute Gasteiger partial charge is 0.337 e. The second-order valence-electron chi connectivity index (χ2n) is 3.01. The number of hydrogen-bond donors (Lipinski definition) is 1. The Morgan fingerprint density at radius 2 is 2.19 bits per heavy atom. The van der Waals surface area contributed by atoms with Gasteiger partial charge >= 0.3 is 5.97 Å². The molecule has 1 heterocycles. The van der Waals surface area contributed by atoms with Crippen LogP contribution in [0.25, 0.3) is 11.0 Å². The normalized spacial score (nSPS) is 10.4. The Morgan fingerprint density at radius 3 is 2.81 bits per heavy atom. The molecule has 0 spiro atoms. The van der Waals surface area contributed by atoms with E-state index >= 15 is 0 Å². The number of methoxy groups -OCH3 is 1. The van der Waals surface area contributed by atoms with Gasteiger partial charge in [0.2, 0.25) is 5.88 Å². The lowest BCUT2D eigenvalue weighted by atomic mass is 10.2. The number of aromatic nitrogens is 2. The molecule has 0 atom stereocenters. The van der Waals surface area contributed by atoms with Crippen molar-refractivity contribution in [1.29, 1.82) is 0 Å². The van der Waals surface area contributed by atoms with E-state index in [-0.39, 0.29) is 11.4 Å². The summed E-state index contributed by atoms with van der Waals surface area (Å²) in [7, 11) is 1.45. The maximum atomic E-state index is 11.0. The van der Waals surface area contributed by atoms with Crippen molar-refractivity contribution in [2.24, 2.45) is 0 Å². The predicted octanol–water partition coefficient (Wildman–Crippen LogP) is 2.10. The van der Waals surface area contributed by atoms with Crippen LogP contribution >= 0.6 is 15.9 Å². The van der Waals surface area contributed by atoms with E-state index in [1.165, 1.54) is 19.4 Å². The van der Waals surface area contributed by atoms with Crippen molar-refractivity contribution >= 4 is 32.9 Å². The zero-order chi connectivity index (χ0) is 11.7. The van der Waals surface area contributed by atoms with Gasteiger partial charge in [0.1, 0.15) is 11.0 Å². The number of rotatable bonds is 2. The molecule has 0 fully saturated rings. The van der Waals surface area contributed by atoms with Gasteiger partial charge in [0.05, 0.1) is 18.9 Å². The molecular weight excluding hydrogens is 276 g/mol. The average Bonchev–Trinajstić information content (AvgIpc) is 2.28. The molecule has 82 valence electrons. The van der Waals surface area contributed by atoms with E-state index in [4.69, 9.17) is 9.84 Å².